The molecule has 0 spiro atoms. The van der Waals surface area contributed by atoms with Gasteiger partial charge in [-0.1, -0.05) is 25.6 Å². The fourth-order valence-electron chi connectivity index (χ4n) is 0.650. The van der Waals surface area contributed by atoms with Crippen LogP contribution in [0.3, 0.4) is 0 Å². The number of thioether (sulfide) groups is 1. The summed E-state index contributed by atoms with van der Waals surface area (Å²) in [6.45, 7) is 4.19. The zero-order chi connectivity index (χ0) is 8.27. The number of rotatable bonds is 2. The summed E-state index contributed by atoms with van der Waals surface area (Å²) in [5, 5.41) is 1.32. The van der Waals surface area contributed by atoms with Crippen LogP contribution in [0.25, 0.3) is 0 Å². The molecule has 0 aliphatic carbocycles. The Kier molecular flexibility index (Phi) is 2.70. The molecule has 0 amide bonds. The fourth-order valence-corrected chi connectivity index (χ4v) is 1.39. The molecule has 0 aromatic carbocycles. The van der Waals surface area contributed by atoms with E-state index in [0.29, 0.717) is 11.1 Å². The highest BCUT2D eigenvalue weighted by atomic mass is 32.2. The van der Waals surface area contributed by atoms with Gasteiger partial charge in [0.2, 0.25) is 0 Å². The number of nitrogens with two attached hydrogens (primary N) is 1. The molecular formula is C7H11N3S. The highest BCUT2D eigenvalue weighted by molar-refractivity contribution is 7.99. The molecule has 3 nitrogen and oxygen atoms in total. The van der Waals surface area contributed by atoms with Crippen LogP contribution in [0.5, 0.6) is 0 Å². The van der Waals surface area contributed by atoms with Gasteiger partial charge in [0.05, 0.1) is 0 Å². The first-order valence-electron chi connectivity index (χ1n) is 3.43. The standard InChI is InChI=1S/C7H11N3S/c1-5(2)11-7-6(8)9-3-4-10-7/h3-5H,1-2H3,(H2,8,9). The first-order valence-corrected chi connectivity index (χ1v) is 4.31. The molecule has 4 heteroatoms. The van der Waals surface area contributed by atoms with Gasteiger partial charge >= 0.3 is 0 Å². The summed E-state index contributed by atoms with van der Waals surface area (Å²) in [6, 6.07) is 0. The molecule has 1 aromatic rings. The molecular weight excluding hydrogens is 158 g/mol. The zero-order valence-corrected chi connectivity index (χ0v) is 7.43. The maximum absolute atomic E-state index is 5.57. The van der Waals surface area contributed by atoms with Crippen molar-refractivity contribution < 1.29 is 0 Å². The lowest BCUT2D eigenvalue weighted by molar-refractivity contribution is 1.04. The van der Waals surface area contributed by atoms with E-state index in [1.807, 2.05) is 0 Å². The van der Waals surface area contributed by atoms with Gasteiger partial charge in [0, 0.05) is 17.6 Å². The van der Waals surface area contributed by atoms with Crippen molar-refractivity contribution in [3.63, 3.8) is 0 Å². The minimum Gasteiger partial charge on any atom is -0.381 e. The molecule has 1 aromatic heterocycles. The fraction of sp³-hybridized carbons (Fsp3) is 0.429. The van der Waals surface area contributed by atoms with E-state index in [1.165, 1.54) is 0 Å². The Bertz CT molecular complexity index is 237. The molecule has 1 rings (SSSR count). The van der Waals surface area contributed by atoms with Crippen LogP contribution in [0.15, 0.2) is 17.4 Å². The van der Waals surface area contributed by atoms with Gasteiger partial charge in [0.1, 0.15) is 5.03 Å². The SMILES string of the molecule is CC(C)Sc1nccnc1N. The van der Waals surface area contributed by atoms with E-state index in [9.17, 15) is 0 Å². The Morgan fingerprint density at radius 1 is 1.36 bits per heavy atom. The van der Waals surface area contributed by atoms with Crippen molar-refractivity contribution in [2.75, 3.05) is 5.73 Å². The van der Waals surface area contributed by atoms with Crippen molar-refractivity contribution in [2.45, 2.75) is 24.1 Å². The summed E-state index contributed by atoms with van der Waals surface area (Å²) in [4.78, 5) is 8.02. The largest absolute Gasteiger partial charge is 0.381 e. The van der Waals surface area contributed by atoms with Crippen LogP contribution in [0.2, 0.25) is 0 Å². The van der Waals surface area contributed by atoms with Gasteiger partial charge < -0.3 is 5.73 Å². The lowest BCUT2D eigenvalue weighted by Crippen LogP contribution is -1.97. The third-order valence-electron chi connectivity index (χ3n) is 1.04. The highest BCUT2D eigenvalue weighted by Crippen LogP contribution is 2.23. The predicted molar refractivity (Wildman–Crippen MR) is 47.4 cm³/mol. The minimum atomic E-state index is 0.494. The number of hydrogen-bond acceptors (Lipinski definition) is 4. The third-order valence-corrected chi connectivity index (χ3v) is 2.05. The summed E-state index contributed by atoms with van der Waals surface area (Å²) < 4.78 is 0. The molecule has 0 saturated heterocycles. The molecule has 1 heterocycles. The number of hydrogen-bond donors (Lipinski definition) is 1. The van der Waals surface area contributed by atoms with Crippen LogP contribution in [0.1, 0.15) is 13.8 Å². The summed E-state index contributed by atoms with van der Waals surface area (Å²) >= 11 is 1.63. The van der Waals surface area contributed by atoms with E-state index in [1.54, 1.807) is 24.2 Å². The van der Waals surface area contributed by atoms with Crippen molar-refractivity contribution in [3.8, 4) is 0 Å². The molecule has 0 bridgehead atoms. The van der Waals surface area contributed by atoms with Crippen LogP contribution in [-0.4, -0.2) is 15.2 Å². The van der Waals surface area contributed by atoms with Gasteiger partial charge in [-0.2, -0.15) is 0 Å². The topological polar surface area (TPSA) is 51.8 Å². The second-order valence-corrected chi connectivity index (χ2v) is 3.98. The second kappa shape index (κ2) is 3.57. The maximum atomic E-state index is 5.57. The zero-order valence-electron chi connectivity index (χ0n) is 6.61. The molecule has 0 atom stereocenters. The summed E-state index contributed by atoms with van der Waals surface area (Å²) in [5.74, 6) is 0.520. The van der Waals surface area contributed by atoms with E-state index < -0.39 is 0 Å². The Labute approximate surface area is 70.4 Å². The minimum absolute atomic E-state index is 0.494. The van der Waals surface area contributed by atoms with Crippen LogP contribution in [-0.2, 0) is 0 Å². The molecule has 0 fully saturated rings. The highest BCUT2D eigenvalue weighted by Gasteiger charge is 2.03. The Hall–Kier alpha value is -0.770. The lowest BCUT2D eigenvalue weighted by atomic mass is 10.6. The lowest BCUT2D eigenvalue weighted by Gasteiger charge is -2.04. The van der Waals surface area contributed by atoms with Crippen LogP contribution in [0.4, 0.5) is 5.82 Å². The second-order valence-electron chi connectivity index (χ2n) is 2.41. The Morgan fingerprint density at radius 3 is 2.55 bits per heavy atom. The van der Waals surface area contributed by atoms with Crippen LogP contribution < -0.4 is 5.73 Å². The molecule has 0 aliphatic heterocycles. The third kappa shape index (κ3) is 2.38. The number of nitrogen functional groups attached to an aromatic ring is 1. The molecule has 2 N–H and O–H groups in total. The number of aromatic nitrogens is 2. The van der Waals surface area contributed by atoms with Gasteiger partial charge in [-0.05, 0) is 0 Å². The molecule has 0 aliphatic rings. The van der Waals surface area contributed by atoms with E-state index in [-0.39, 0.29) is 0 Å². The van der Waals surface area contributed by atoms with Crippen molar-refractivity contribution in [1.82, 2.24) is 9.97 Å². The molecule has 0 unspecified atom stereocenters. The molecule has 11 heavy (non-hydrogen) atoms. The van der Waals surface area contributed by atoms with E-state index in [4.69, 9.17) is 5.73 Å². The van der Waals surface area contributed by atoms with Crippen molar-refractivity contribution in [1.29, 1.82) is 0 Å². The first-order chi connectivity index (χ1) is 5.20. The van der Waals surface area contributed by atoms with Gasteiger partial charge in [0.15, 0.2) is 5.82 Å². The van der Waals surface area contributed by atoms with Gasteiger partial charge in [0.25, 0.3) is 0 Å². The van der Waals surface area contributed by atoms with Crippen molar-refractivity contribution in [2.24, 2.45) is 0 Å². The predicted octanol–water partition coefficient (Wildman–Crippen LogP) is 1.56. The smallest absolute Gasteiger partial charge is 0.156 e. The average molecular weight is 169 g/mol. The van der Waals surface area contributed by atoms with Crippen molar-refractivity contribution >= 4 is 17.6 Å². The monoisotopic (exact) mass is 169 g/mol. The van der Waals surface area contributed by atoms with Crippen LogP contribution in [0, 0.1) is 0 Å². The molecule has 60 valence electrons. The van der Waals surface area contributed by atoms with E-state index in [2.05, 4.69) is 23.8 Å². The average Bonchev–Trinajstić information content (AvgIpc) is 1.93. The van der Waals surface area contributed by atoms with Gasteiger partial charge in [-0.15, -0.1) is 0 Å². The number of nitrogens with zero attached hydrogens (tertiary/aromatic N) is 2. The summed E-state index contributed by atoms with van der Waals surface area (Å²) in [6.07, 6.45) is 3.25. The van der Waals surface area contributed by atoms with Gasteiger partial charge in [-0.3, -0.25) is 0 Å². The summed E-state index contributed by atoms with van der Waals surface area (Å²) in [7, 11) is 0. The Morgan fingerprint density at radius 2 is 2.00 bits per heavy atom. The molecule has 0 radical (unpaired) electrons. The summed E-state index contributed by atoms with van der Waals surface area (Å²) in [5.41, 5.74) is 5.57. The maximum Gasteiger partial charge on any atom is 0.156 e. The quantitative estimate of drug-likeness (QED) is 0.682. The van der Waals surface area contributed by atoms with E-state index >= 15 is 0 Å². The van der Waals surface area contributed by atoms with Gasteiger partial charge in [-0.25, -0.2) is 9.97 Å². The van der Waals surface area contributed by atoms with Crippen molar-refractivity contribution in [3.05, 3.63) is 12.4 Å². The normalized spacial score (nSPS) is 10.5. The first kappa shape index (κ1) is 8.33. The Balaban J connectivity index is 2.78. The molecule has 0 saturated carbocycles. The number of anilines is 1. The van der Waals surface area contributed by atoms with E-state index in [0.717, 1.165) is 5.03 Å². The van der Waals surface area contributed by atoms with Crippen LogP contribution >= 0.6 is 11.8 Å².